The van der Waals surface area contributed by atoms with Gasteiger partial charge in [-0.15, -0.1) is 23.7 Å². The second-order valence-electron chi connectivity index (χ2n) is 3.12. The first-order chi connectivity index (χ1) is 7.56. The van der Waals surface area contributed by atoms with Crippen LogP contribution in [-0.2, 0) is 10.0 Å². The van der Waals surface area contributed by atoms with Crippen molar-refractivity contribution in [2.75, 3.05) is 6.54 Å². The lowest BCUT2D eigenvalue weighted by Crippen LogP contribution is -2.23. The SMILES string of the molecule is C#CCCCCNS(=O)(=O)c1ccc(Br)s1. The van der Waals surface area contributed by atoms with Gasteiger partial charge >= 0.3 is 0 Å². The van der Waals surface area contributed by atoms with E-state index in [9.17, 15) is 8.42 Å². The highest BCUT2D eigenvalue weighted by atomic mass is 79.9. The van der Waals surface area contributed by atoms with Crippen LogP contribution in [0.5, 0.6) is 0 Å². The van der Waals surface area contributed by atoms with Gasteiger partial charge in [-0.05, 0) is 40.9 Å². The van der Waals surface area contributed by atoms with E-state index in [1.807, 2.05) is 0 Å². The van der Waals surface area contributed by atoms with E-state index in [-0.39, 0.29) is 0 Å². The number of rotatable bonds is 6. The maximum atomic E-state index is 11.7. The molecule has 0 radical (unpaired) electrons. The molecule has 0 amide bonds. The maximum absolute atomic E-state index is 11.7. The van der Waals surface area contributed by atoms with Gasteiger partial charge in [0.25, 0.3) is 0 Å². The predicted octanol–water partition coefficient (Wildman–Crippen LogP) is 2.59. The average molecular weight is 322 g/mol. The monoisotopic (exact) mass is 321 g/mol. The van der Waals surface area contributed by atoms with Gasteiger partial charge in [0.05, 0.1) is 3.79 Å². The van der Waals surface area contributed by atoms with E-state index in [2.05, 4.69) is 26.6 Å². The number of terminal acetylenes is 1. The molecule has 16 heavy (non-hydrogen) atoms. The zero-order valence-corrected chi connectivity index (χ0v) is 11.8. The van der Waals surface area contributed by atoms with E-state index in [4.69, 9.17) is 6.42 Å². The fourth-order valence-corrected chi connectivity index (χ4v) is 4.20. The van der Waals surface area contributed by atoms with E-state index < -0.39 is 10.0 Å². The topological polar surface area (TPSA) is 46.2 Å². The van der Waals surface area contributed by atoms with Crippen molar-refractivity contribution in [2.45, 2.75) is 23.5 Å². The van der Waals surface area contributed by atoms with Crippen molar-refractivity contribution in [3.05, 3.63) is 15.9 Å². The van der Waals surface area contributed by atoms with Gasteiger partial charge in [0.2, 0.25) is 10.0 Å². The number of hydrogen-bond acceptors (Lipinski definition) is 3. The Morgan fingerprint density at radius 1 is 1.44 bits per heavy atom. The zero-order valence-electron chi connectivity index (χ0n) is 8.57. The molecule has 1 N–H and O–H groups in total. The molecule has 0 aliphatic heterocycles. The van der Waals surface area contributed by atoms with E-state index in [1.54, 1.807) is 12.1 Å². The summed E-state index contributed by atoms with van der Waals surface area (Å²) in [7, 11) is -3.34. The lowest BCUT2D eigenvalue weighted by atomic mass is 10.2. The summed E-state index contributed by atoms with van der Waals surface area (Å²) in [5, 5.41) is 0. The smallest absolute Gasteiger partial charge is 0.210 e. The van der Waals surface area contributed by atoms with Crippen molar-refractivity contribution in [2.24, 2.45) is 0 Å². The summed E-state index contributed by atoms with van der Waals surface area (Å²) in [6, 6.07) is 3.30. The third-order valence-electron chi connectivity index (χ3n) is 1.85. The quantitative estimate of drug-likeness (QED) is 0.646. The lowest BCUT2D eigenvalue weighted by molar-refractivity contribution is 0.579. The van der Waals surface area contributed by atoms with Crippen LogP contribution in [0.1, 0.15) is 19.3 Å². The van der Waals surface area contributed by atoms with Crippen LogP contribution in [0.3, 0.4) is 0 Å². The minimum Gasteiger partial charge on any atom is -0.210 e. The second kappa shape index (κ2) is 6.40. The van der Waals surface area contributed by atoms with Crippen molar-refractivity contribution >= 4 is 37.3 Å². The maximum Gasteiger partial charge on any atom is 0.250 e. The van der Waals surface area contributed by atoms with Crippen LogP contribution in [0.4, 0.5) is 0 Å². The van der Waals surface area contributed by atoms with Gasteiger partial charge < -0.3 is 0 Å². The van der Waals surface area contributed by atoms with Gasteiger partial charge in [0, 0.05) is 13.0 Å². The highest BCUT2D eigenvalue weighted by Crippen LogP contribution is 2.25. The first-order valence-electron chi connectivity index (χ1n) is 4.75. The van der Waals surface area contributed by atoms with Gasteiger partial charge in [0.15, 0.2) is 0 Å². The van der Waals surface area contributed by atoms with Crippen LogP contribution in [0.2, 0.25) is 0 Å². The summed E-state index contributed by atoms with van der Waals surface area (Å²) >= 11 is 4.43. The molecule has 0 saturated heterocycles. The standard InChI is InChI=1S/C10H12BrNO2S2/c1-2-3-4-5-8-12-16(13,14)10-7-6-9(11)15-10/h1,6-7,12H,3-5,8H2. The Morgan fingerprint density at radius 2 is 2.19 bits per heavy atom. The Kier molecular flexibility index (Phi) is 5.49. The number of nitrogens with one attached hydrogen (secondary N) is 1. The first-order valence-corrected chi connectivity index (χ1v) is 7.84. The summed E-state index contributed by atoms with van der Waals surface area (Å²) in [6.07, 6.45) is 7.39. The molecule has 88 valence electrons. The lowest BCUT2D eigenvalue weighted by Gasteiger charge is -2.03. The number of halogens is 1. The molecule has 0 bridgehead atoms. The Balaban J connectivity index is 2.45. The molecular formula is C10H12BrNO2S2. The van der Waals surface area contributed by atoms with Gasteiger partial charge in [-0.3, -0.25) is 0 Å². The molecule has 3 nitrogen and oxygen atoms in total. The van der Waals surface area contributed by atoms with Crippen molar-refractivity contribution in [1.82, 2.24) is 4.72 Å². The van der Waals surface area contributed by atoms with Crippen molar-refractivity contribution in [3.8, 4) is 12.3 Å². The minimum atomic E-state index is -3.34. The molecule has 6 heteroatoms. The number of hydrogen-bond donors (Lipinski definition) is 1. The first kappa shape index (κ1) is 13.7. The molecule has 0 spiro atoms. The highest BCUT2D eigenvalue weighted by molar-refractivity contribution is 9.11. The van der Waals surface area contributed by atoms with Gasteiger partial charge in [-0.25, -0.2) is 13.1 Å². The van der Waals surface area contributed by atoms with E-state index >= 15 is 0 Å². The molecule has 0 aromatic carbocycles. The molecule has 0 unspecified atom stereocenters. The van der Waals surface area contributed by atoms with Crippen molar-refractivity contribution < 1.29 is 8.42 Å². The Bertz CT molecular complexity index is 473. The fourth-order valence-electron chi connectivity index (χ4n) is 1.07. The molecule has 1 rings (SSSR count). The Hall–Kier alpha value is -0.350. The molecule has 0 aliphatic carbocycles. The summed E-state index contributed by atoms with van der Waals surface area (Å²) in [5.41, 5.74) is 0. The molecule has 0 atom stereocenters. The molecule has 0 saturated carbocycles. The summed E-state index contributed by atoms with van der Waals surface area (Å²) < 4.78 is 27.1. The highest BCUT2D eigenvalue weighted by Gasteiger charge is 2.15. The van der Waals surface area contributed by atoms with Crippen LogP contribution in [0.25, 0.3) is 0 Å². The molecule has 1 aromatic rings. The van der Waals surface area contributed by atoms with Crippen LogP contribution in [0.15, 0.2) is 20.1 Å². The second-order valence-corrected chi connectivity index (χ2v) is 7.57. The van der Waals surface area contributed by atoms with E-state index in [1.165, 1.54) is 11.3 Å². The molecule has 1 heterocycles. The number of sulfonamides is 1. The van der Waals surface area contributed by atoms with Crippen LogP contribution >= 0.6 is 27.3 Å². The Morgan fingerprint density at radius 3 is 2.75 bits per heavy atom. The van der Waals surface area contributed by atoms with Gasteiger partial charge in [0.1, 0.15) is 4.21 Å². The zero-order chi connectivity index (χ0) is 12.0. The van der Waals surface area contributed by atoms with Crippen LogP contribution in [-0.4, -0.2) is 15.0 Å². The fraction of sp³-hybridized carbons (Fsp3) is 0.400. The normalized spacial score (nSPS) is 11.2. The van der Waals surface area contributed by atoms with Crippen LogP contribution < -0.4 is 4.72 Å². The predicted molar refractivity (Wildman–Crippen MR) is 69.9 cm³/mol. The largest absolute Gasteiger partial charge is 0.250 e. The Labute approximate surface area is 108 Å². The van der Waals surface area contributed by atoms with E-state index in [0.717, 1.165) is 16.6 Å². The molecule has 0 fully saturated rings. The average Bonchev–Trinajstić information content (AvgIpc) is 2.65. The number of unbranched alkanes of at least 4 members (excludes halogenated alkanes) is 2. The molecule has 0 aliphatic rings. The summed E-state index contributed by atoms with van der Waals surface area (Å²) in [5.74, 6) is 2.52. The third kappa shape index (κ3) is 4.26. The molecule has 1 aromatic heterocycles. The van der Waals surface area contributed by atoms with Crippen LogP contribution in [0, 0.1) is 12.3 Å². The summed E-state index contributed by atoms with van der Waals surface area (Å²) in [6.45, 7) is 0.430. The number of thiophene rings is 1. The van der Waals surface area contributed by atoms with Crippen molar-refractivity contribution in [3.63, 3.8) is 0 Å². The third-order valence-corrected chi connectivity index (χ3v) is 5.43. The minimum absolute atomic E-state index is 0.330. The van der Waals surface area contributed by atoms with Gasteiger partial charge in [-0.1, -0.05) is 0 Å². The van der Waals surface area contributed by atoms with Gasteiger partial charge in [-0.2, -0.15) is 0 Å². The molecular weight excluding hydrogens is 310 g/mol. The van der Waals surface area contributed by atoms with E-state index in [0.29, 0.717) is 17.2 Å². The van der Waals surface area contributed by atoms with Crippen molar-refractivity contribution in [1.29, 1.82) is 0 Å². The summed E-state index contributed by atoms with van der Waals surface area (Å²) in [4.78, 5) is 0.